The molecule has 6 rings (SSSR count). The fraction of sp³-hybridized carbons (Fsp3) is 0. The first-order chi connectivity index (χ1) is 14.9. The molecule has 0 saturated heterocycles. The molecule has 0 amide bonds. The van der Waals surface area contributed by atoms with Crippen LogP contribution in [0.1, 0.15) is 0 Å². The highest BCUT2D eigenvalue weighted by atomic mass is 15.1. The van der Waals surface area contributed by atoms with Crippen LogP contribution in [0.3, 0.4) is 0 Å². The third-order valence-corrected chi connectivity index (χ3v) is 5.08. The van der Waals surface area contributed by atoms with Gasteiger partial charge < -0.3 is 4.98 Å². The van der Waals surface area contributed by atoms with Gasteiger partial charge in [-0.05, 0) is 42.5 Å². The number of imidazole rings is 1. The summed E-state index contributed by atoms with van der Waals surface area (Å²) in [5, 5.41) is 8.61. The van der Waals surface area contributed by atoms with Crippen LogP contribution in [0.25, 0.3) is 56.0 Å². The summed E-state index contributed by atoms with van der Waals surface area (Å²) in [4.78, 5) is 21.4. The Hall–Kier alpha value is -4.39. The van der Waals surface area contributed by atoms with Gasteiger partial charge in [0, 0.05) is 41.3 Å². The second-order valence-corrected chi connectivity index (χ2v) is 6.93. The van der Waals surface area contributed by atoms with Gasteiger partial charge >= 0.3 is 0 Å². The highest BCUT2D eigenvalue weighted by Crippen LogP contribution is 2.31. The molecule has 0 saturated carbocycles. The van der Waals surface area contributed by atoms with E-state index in [1.165, 1.54) is 0 Å². The maximum atomic E-state index is 4.84. The van der Waals surface area contributed by atoms with Crippen molar-refractivity contribution in [2.75, 3.05) is 0 Å². The molecule has 0 bridgehead atoms. The third kappa shape index (κ3) is 2.64. The first-order valence-corrected chi connectivity index (χ1v) is 9.52. The van der Waals surface area contributed by atoms with Crippen molar-refractivity contribution >= 4 is 21.9 Å². The van der Waals surface area contributed by atoms with Gasteiger partial charge in [-0.2, -0.15) is 5.10 Å². The lowest BCUT2D eigenvalue weighted by Crippen LogP contribution is -1.86. The van der Waals surface area contributed by atoms with Crippen LogP contribution in [0.4, 0.5) is 0 Å². The summed E-state index contributed by atoms with van der Waals surface area (Å²) in [6.45, 7) is 0. The minimum absolute atomic E-state index is 0.688. The number of fused-ring (bicyclic) bond motifs is 2. The van der Waals surface area contributed by atoms with Crippen LogP contribution >= 0.6 is 0 Å². The molecule has 0 aliphatic heterocycles. The number of hydrogen-bond acceptors (Lipinski definition) is 5. The number of hydrogen-bond donors (Lipinski definition) is 2. The fourth-order valence-electron chi connectivity index (χ4n) is 3.65. The molecule has 0 atom stereocenters. The van der Waals surface area contributed by atoms with E-state index >= 15 is 0 Å². The van der Waals surface area contributed by atoms with Gasteiger partial charge in [0.1, 0.15) is 11.2 Å². The Bertz CT molecular complexity index is 1480. The summed E-state index contributed by atoms with van der Waals surface area (Å²) < 4.78 is 0. The van der Waals surface area contributed by atoms with Crippen LogP contribution in [0, 0.1) is 0 Å². The Balaban J connectivity index is 1.52. The smallest absolute Gasteiger partial charge is 0.159 e. The zero-order valence-electron chi connectivity index (χ0n) is 15.7. The molecule has 142 valence electrons. The lowest BCUT2D eigenvalue weighted by atomic mass is 10.1. The van der Waals surface area contributed by atoms with Crippen molar-refractivity contribution in [3.05, 3.63) is 79.4 Å². The summed E-state index contributed by atoms with van der Waals surface area (Å²) in [5.74, 6) is 0.688. The molecule has 7 nitrogen and oxygen atoms in total. The van der Waals surface area contributed by atoms with Crippen molar-refractivity contribution in [3.63, 3.8) is 0 Å². The predicted octanol–water partition coefficient (Wildman–Crippen LogP) is 4.63. The van der Waals surface area contributed by atoms with E-state index in [-0.39, 0.29) is 0 Å². The van der Waals surface area contributed by atoms with Gasteiger partial charge in [-0.15, -0.1) is 0 Å². The molecule has 0 unspecified atom stereocenters. The third-order valence-electron chi connectivity index (χ3n) is 5.08. The average molecular weight is 389 g/mol. The quantitative estimate of drug-likeness (QED) is 0.460. The molecule has 1 aromatic carbocycles. The summed E-state index contributed by atoms with van der Waals surface area (Å²) in [5.41, 5.74) is 7.04. The number of nitrogens with zero attached hydrogens (tertiary/aromatic N) is 5. The Morgan fingerprint density at radius 3 is 2.60 bits per heavy atom. The van der Waals surface area contributed by atoms with Gasteiger partial charge in [-0.1, -0.05) is 12.1 Å². The Labute approximate surface area is 170 Å². The zero-order chi connectivity index (χ0) is 19.9. The van der Waals surface area contributed by atoms with Gasteiger partial charge in [0.05, 0.1) is 22.4 Å². The number of aromatic amines is 2. The van der Waals surface area contributed by atoms with E-state index in [1.807, 2.05) is 48.5 Å². The van der Waals surface area contributed by atoms with Crippen LogP contribution in [-0.2, 0) is 0 Å². The topological polar surface area (TPSA) is 96.0 Å². The highest BCUT2D eigenvalue weighted by Gasteiger charge is 2.16. The van der Waals surface area contributed by atoms with Crippen LogP contribution in [-0.4, -0.2) is 35.1 Å². The van der Waals surface area contributed by atoms with Crippen molar-refractivity contribution < 1.29 is 0 Å². The molecular formula is C23H15N7. The SMILES string of the molecule is c1ccc(-c2ccc3[nH]nc(-c4nc5c(-c6cccnc6)nccc5[nH]4)c3c2)nc1. The highest BCUT2D eigenvalue weighted by molar-refractivity contribution is 5.97. The second kappa shape index (κ2) is 6.59. The van der Waals surface area contributed by atoms with E-state index < -0.39 is 0 Å². The monoisotopic (exact) mass is 389 g/mol. The Kier molecular flexibility index (Phi) is 3.64. The Morgan fingerprint density at radius 2 is 1.73 bits per heavy atom. The van der Waals surface area contributed by atoms with Crippen LogP contribution < -0.4 is 0 Å². The molecule has 0 aliphatic rings. The lowest BCUT2D eigenvalue weighted by Gasteiger charge is -2.01. The summed E-state index contributed by atoms with van der Waals surface area (Å²) >= 11 is 0. The summed E-state index contributed by atoms with van der Waals surface area (Å²) in [6.07, 6.45) is 7.10. The Morgan fingerprint density at radius 1 is 0.733 bits per heavy atom. The van der Waals surface area contributed by atoms with Gasteiger partial charge in [0.2, 0.25) is 0 Å². The van der Waals surface area contributed by atoms with E-state index in [4.69, 9.17) is 4.98 Å². The van der Waals surface area contributed by atoms with Gasteiger partial charge in [0.25, 0.3) is 0 Å². The average Bonchev–Trinajstić information content (AvgIpc) is 3.43. The number of H-pyrrole nitrogens is 2. The zero-order valence-corrected chi connectivity index (χ0v) is 15.7. The van der Waals surface area contributed by atoms with Crippen LogP contribution in [0.2, 0.25) is 0 Å². The number of nitrogens with one attached hydrogen (secondary N) is 2. The normalized spacial score (nSPS) is 11.3. The van der Waals surface area contributed by atoms with Gasteiger partial charge in [-0.25, -0.2) is 4.98 Å². The minimum Gasteiger partial charge on any atom is -0.336 e. The van der Waals surface area contributed by atoms with E-state index in [0.717, 1.165) is 50.1 Å². The van der Waals surface area contributed by atoms with Gasteiger partial charge in [0.15, 0.2) is 5.82 Å². The molecule has 7 heteroatoms. The van der Waals surface area contributed by atoms with E-state index in [0.29, 0.717) is 5.82 Å². The first kappa shape index (κ1) is 16.6. The molecule has 6 aromatic rings. The maximum absolute atomic E-state index is 4.84. The van der Waals surface area contributed by atoms with Crippen molar-refractivity contribution in [2.24, 2.45) is 0 Å². The predicted molar refractivity (Wildman–Crippen MR) is 115 cm³/mol. The molecule has 0 spiro atoms. The lowest BCUT2D eigenvalue weighted by molar-refractivity contribution is 1.11. The largest absolute Gasteiger partial charge is 0.336 e. The molecule has 0 aliphatic carbocycles. The number of pyridine rings is 3. The molecule has 5 aromatic heterocycles. The minimum atomic E-state index is 0.688. The van der Waals surface area contributed by atoms with Crippen molar-refractivity contribution in [3.8, 4) is 34.0 Å². The molecule has 2 N–H and O–H groups in total. The second-order valence-electron chi connectivity index (χ2n) is 6.93. The van der Waals surface area contributed by atoms with Crippen molar-refractivity contribution in [1.29, 1.82) is 0 Å². The number of benzene rings is 1. The van der Waals surface area contributed by atoms with E-state index in [2.05, 4.69) is 36.2 Å². The summed E-state index contributed by atoms with van der Waals surface area (Å²) in [6, 6.07) is 17.8. The van der Waals surface area contributed by atoms with Gasteiger partial charge in [-0.3, -0.25) is 20.1 Å². The molecule has 0 fully saturated rings. The molecular weight excluding hydrogens is 374 g/mol. The molecule has 30 heavy (non-hydrogen) atoms. The fourth-order valence-corrected chi connectivity index (χ4v) is 3.65. The molecule has 0 radical (unpaired) electrons. The number of rotatable bonds is 3. The number of aromatic nitrogens is 7. The summed E-state index contributed by atoms with van der Waals surface area (Å²) in [7, 11) is 0. The van der Waals surface area contributed by atoms with Crippen molar-refractivity contribution in [1.82, 2.24) is 35.1 Å². The van der Waals surface area contributed by atoms with E-state index in [9.17, 15) is 0 Å². The molecule has 5 heterocycles. The van der Waals surface area contributed by atoms with Crippen molar-refractivity contribution in [2.45, 2.75) is 0 Å². The maximum Gasteiger partial charge on any atom is 0.159 e. The van der Waals surface area contributed by atoms with Crippen LogP contribution in [0.15, 0.2) is 79.4 Å². The standard InChI is InChI=1S/C23H15N7/c1-2-10-25-17(5-1)14-6-7-18-16(12-14)21(30-29-18)23-27-19-8-11-26-20(22(19)28-23)15-4-3-9-24-13-15/h1-13H,(H,27,28)(H,29,30). The first-order valence-electron chi connectivity index (χ1n) is 9.52. The van der Waals surface area contributed by atoms with Crippen LogP contribution in [0.5, 0.6) is 0 Å². The van der Waals surface area contributed by atoms with E-state index in [1.54, 1.807) is 24.8 Å².